The molecule has 3 fully saturated rings. The van der Waals surface area contributed by atoms with E-state index < -0.39 is 18.4 Å². The van der Waals surface area contributed by atoms with Gasteiger partial charge in [0.25, 0.3) is 0 Å². The third-order valence-electron chi connectivity index (χ3n) is 3.22. The Labute approximate surface area is 109 Å². The van der Waals surface area contributed by atoms with E-state index in [4.69, 9.17) is 34.2 Å². The van der Waals surface area contributed by atoms with E-state index in [2.05, 4.69) is 6.58 Å². The number of hydrogen-bond donors (Lipinski definition) is 1. The van der Waals surface area contributed by atoms with Crippen molar-refractivity contribution in [3.05, 3.63) is 12.3 Å². The second-order valence-corrected chi connectivity index (χ2v) is 4.47. The van der Waals surface area contributed by atoms with Crippen LogP contribution in [0.25, 0.3) is 0 Å². The molecule has 0 spiro atoms. The number of esters is 1. The summed E-state index contributed by atoms with van der Waals surface area (Å²) in [5, 5.41) is 0. The highest BCUT2D eigenvalue weighted by atomic mass is 16.8. The van der Waals surface area contributed by atoms with Gasteiger partial charge in [0.2, 0.25) is 6.29 Å². The fourth-order valence-electron chi connectivity index (χ4n) is 2.34. The maximum Gasteiger partial charge on any atom is 0.355 e. The Bertz CT molecular complexity index is 387. The minimum atomic E-state index is -0.910. The zero-order valence-electron chi connectivity index (χ0n) is 10.2. The minimum absolute atomic E-state index is 0.101. The van der Waals surface area contributed by atoms with E-state index in [0.717, 1.165) is 0 Å². The normalized spacial score (nSPS) is 41.2. The summed E-state index contributed by atoms with van der Waals surface area (Å²) in [5.74, 6) is -0.740. The molecule has 0 bridgehead atoms. The van der Waals surface area contributed by atoms with Crippen molar-refractivity contribution in [2.75, 3.05) is 20.2 Å². The molecule has 3 aliphatic heterocycles. The molecular formula is C11H15NO7. The summed E-state index contributed by atoms with van der Waals surface area (Å²) in [6.45, 7) is 3.94. The van der Waals surface area contributed by atoms with Crippen LogP contribution in [0, 0.1) is 0 Å². The van der Waals surface area contributed by atoms with Crippen molar-refractivity contribution in [2.24, 2.45) is 5.73 Å². The first-order valence-corrected chi connectivity index (χ1v) is 5.90. The molecule has 3 aliphatic rings. The number of rotatable bonds is 2. The Morgan fingerprint density at radius 3 is 2.68 bits per heavy atom. The molecule has 3 saturated heterocycles. The van der Waals surface area contributed by atoms with Crippen LogP contribution in [-0.4, -0.2) is 56.9 Å². The first kappa shape index (κ1) is 12.8. The monoisotopic (exact) mass is 273 g/mol. The van der Waals surface area contributed by atoms with E-state index in [1.807, 2.05) is 0 Å². The molecule has 5 unspecified atom stereocenters. The third kappa shape index (κ3) is 2.33. The van der Waals surface area contributed by atoms with Gasteiger partial charge in [0.15, 0.2) is 6.10 Å². The fourth-order valence-corrected chi connectivity index (χ4v) is 2.34. The van der Waals surface area contributed by atoms with Crippen LogP contribution in [0.5, 0.6) is 0 Å². The molecule has 3 rings (SSSR count). The van der Waals surface area contributed by atoms with Gasteiger partial charge in [-0.05, 0) is 0 Å². The average molecular weight is 273 g/mol. The molecule has 0 aromatic carbocycles. The molecular weight excluding hydrogens is 258 g/mol. The van der Waals surface area contributed by atoms with Crippen LogP contribution in [0.1, 0.15) is 0 Å². The lowest BCUT2D eigenvalue weighted by molar-refractivity contribution is -0.313. The highest BCUT2D eigenvalue weighted by molar-refractivity contribution is 5.86. The van der Waals surface area contributed by atoms with Crippen molar-refractivity contribution < 1.29 is 33.2 Å². The number of carbonyl (C=O) groups excluding carboxylic acids is 1. The molecule has 0 saturated carbocycles. The largest absolute Gasteiger partial charge is 0.428 e. The van der Waals surface area contributed by atoms with Gasteiger partial charge in [-0.2, -0.15) is 0 Å². The molecule has 2 N–H and O–H groups in total. The van der Waals surface area contributed by atoms with Gasteiger partial charge in [0.05, 0.1) is 6.61 Å². The third-order valence-corrected chi connectivity index (χ3v) is 3.22. The molecule has 0 aromatic heterocycles. The number of nitrogens with two attached hydrogens (primary N) is 1. The van der Waals surface area contributed by atoms with E-state index in [1.165, 1.54) is 0 Å². The highest BCUT2D eigenvalue weighted by Gasteiger charge is 2.53. The Kier molecular flexibility index (Phi) is 3.42. The van der Waals surface area contributed by atoms with Crippen LogP contribution in [0.2, 0.25) is 0 Å². The lowest BCUT2D eigenvalue weighted by atomic mass is 9.98. The van der Waals surface area contributed by atoms with Gasteiger partial charge in [0, 0.05) is 0 Å². The molecule has 5 atom stereocenters. The Balaban J connectivity index is 1.74. The molecule has 0 aliphatic carbocycles. The van der Waals surface area contributed by atoms with Crippen molar-refractivity contribution in [1.82, 2.24) is 0 Å². The van der Waals surface area contributed by atoms with E-state index >= 15 is 0 Å². The summed E-state index contributed by atoms with van der Waals surface area (Å²) in [5.41, 5.74) is 5.08. The molecule has 19 heavy (non-hydrogen) atoms. The predicted octanol–water partition coefficient (Wildman–Crippen LogP) is -1.16. The zero-order chi connectivity index (χ0) is 13.4. The van der Waals surface area contributed by atoms with Crippen LogP contribution < -0.4 is 5.73 Å². The Morgan fingerprint density at radius 1 is 1.16 bits per heavy atom. The van der Waals surface area contributed by atoms with E-state index in [9.17, 15) is 4.79 Å². The van der Waals surface area contributed by atoms with Gasteiger partial charge in [-0.3, -0.25) is 0 Å². The van der Waals surface area contributed by atoms with Gasteiger partial charge in [-0.1, -0.05) is 6.58 Å². The smallest absolute Gasteiger partial charge is 0.355 e. The lowest BCUT2D eigenvalue weighted by Crippen LogP contribution is -2.61. The maximum absolute atomic E-state index is 11.5. The number of hydrogen-bond acceptors (Lipinski definition) is 8. The van der Waals surface area contributed by atoms with E-state index in [0.29, 0.717) is 6.61 Å². The molecule has 8 heteroatoms. The molecule has 0 amide bonds. The number of ether oxygens (including phenoxy) is 6. The minimum Gasteiger partial charge on any atom is -0.428 e. The summed E-state index contributed by atoms with van der Waals surface area (Å²) < 4.78 is 32.2. The van der Waals surface area contributed by atoms with Crippen molar-refractivity contribution in [2.45, 2.75) is 30.7 Å². The molecule has 3 heterocycles. The first-order chi connectivity index (χ1) is 9.16. The second-order valence-electron chi connectivity index (χ2n) is 4.47. The Morgan fingerprint density at radius 2 is 1.89 bits per heavy atom. The lowest BCUT2D eigenvalue weighted by Gasteiger charge is -2.43. The SMILES string of the molecule is C=C(N)C(=O)OC1OC2COCOC2C2OCOC12. The van der Waals surface area contributed by atoms with Crippen molar-refractivity contribution in [3.63, 3.8) is 0 Å². The summed E-state index contributed by atoms with van der Waals surface area (Å²) in [6, 6.07) is 0. The van der Waals surface area contributed by atoms with Crippen molar-refractivity contribution in [1.29, 1.82) is 0 Å². The molecule has 0 radical (unpaired) electrons. The molecule has 0 aromatic rings. The topological polar surface area (TPSA) is 98.5 Å². The molecule has 106 valence electrons. The van der Waals surface area contributed by atoms with Crippen LogP contribution in [0.4, 0.5) is 0 Å². The fraction of sp³-hybridized carbons (Fsp3) is 0.727. The van der Waals surface area contributed by atoms with Crippen LogP contribution in [0.15, 0.2) is 12.3 Å². The van der Waals surface area contributed by atoms with Gasteiger partial charge in [-0.15, -0.1) is 0 Å². The number of fused-ring (bicyclic) bond motifs is 3. The van der Waals surface area contributed by atoms with Gasteiger partial charge in [-0.25, -0.2) is 4.79 Å². The first-order valence-electron chi connectivity index (χ1n) is 5.90. The summed E-state index contributed by atoms with van der Waals surface area (Å²) in [4.78, 5) is 11.5. The Hall–Kier alpha value is -1.19. The molecule has 8 nitrogen and oxygen atoms in total. The van der Waals surface area contributed by atoms with E-state index in [-0.39, 0.29) is 37.6 Å². The van der Waals surface area contributed by atoms with Crippen LogP contribution >= 0.6 is 0 Å². The highest BCUT2D eigenvalue weighted by Crippen LogP contribution is 2.33. The zero-order valence-corrected chi connectivity index (χ0v) is 10.2. The number of carbonyl (C=O) groups is 1. The van der Waals surface area contributed by atoms with Gasteiger partial charge < -0.3 is 34.2 Å². The van der Waals surface area contributed by atoms with E-state index in [1.54, 1.807) is 0 Å². The summed E-state index contributed by atoms with van der Waals surface area (Å²) >= 11 is 0. The summed E-state index contributed by atoms with van der Waals surface area (Å²) in [7, 11) is 0. The second kappa shape index (κ2) is 5.06. The van der Waals surface area contributed by atoms with Crippen LogP contribution in [-0.2, 0) is 33.2 Å². The van der Waals surface area contributed by atoms with Gasteiger partial charge >= 0.3 is 5.97 Å². The van der Waals surface area contributed by atoms with Gasteiger partial charge in [0.1, 0.15) is 37.6 Å². The average Bonchev–Trinajstić information content (AvgIpc) is 2.88. The standard InChI is InChI=1S/C11H15NO7/c1-5(12)10(13)19-11-9-8(16-4-17-9)7-6(18-11)2-14-3-15-7/h6-9,11H,1-4,12H2. The van der Waals surface area contributed by atoms with Crippen molar-refractivity contribution in [3.8, 4) is 0 Å². The van der Waals surface area contributed by atoms with Crippen LogP contribution in [0.3, 0.4) is 0 Å². The van der Waals surface area contributed by atoms with Crippen molar-refractivity contribution >= 4 is 5.97 Å². The maximum atomic E-state index is 11.5. The quantitative estimate of drug-likeness (QED) is 0.497. The predicted molar refractivity (Wildman–Crippen MR) is 58.4 cm³/mol. The summed E-state index contributed by atoms with van der Waals surface area (Å²) in [6.07, 6.45) is -2.47.